The summed E-state index contributed by atoms with van der Waals surface area (Å²) in [6, 6.07) is 28.9. The molecule has 166 valence electrons. The normalized spacial score (nSPS) is 11.8. The van der Waals surface area contributed by atoms with Gasteiger partial charge in [0.05, 0.1) is 5.69 Å². The smallest absolute Gasteiger partial charge is 0.330 e. The lowest BCUT2D eigenvalue weighted by molar-refractivity contribution is -0.139. The van der Waals surface area contributed by atoms with Crippen LogP contribution < -0.4 is 5.32 Å². The number of hydrogen-bond acceptors (Lipinski definition) is 4. The van der Waals surface area contributed by atoms with Gasteiger partial charge in [0.1, 0.15) is 5.01 Å². The topological polar surface area (TPSA) is 79.3 Å². The van der Waals surface area contributed by atoms with Crippen molar-refractivity contribution in [3.63, 3.8) is 0 Å². The summed E-state index contributed by atoms with van der Waals surface area (Å²) in [4.78, 5) is 29.5. The Kier molecular flexibility index (Phi) is 5.89. The second-order valence-corrected chi connectivity index (χ2v) is 8.69. The van der Waals surface area contributed by atoms with Crippen molar-refractivity contribution in [2.75, 3.05) is 0 Å². The first kappa shape index (κ1) is 21.6. The van der Waals surface area contributed by atoms with Crippen LogP contribution in [0, 0.1) is 0 Å². The molecule has 0 aliphatic rings. The van der Waals surface area contributed by atoms with E-state index in [2.05, 4.69) is 5.32 Å². The maximum atomic E-state index is 12.9. The molecule has 6 heteroatoms. The number of amides is 1. The molecule has 0 radical (unpaired) electrons. The van der Waals surface area contributed by atoms with Crippen molar-refractivity contribution >= 4 is 34.0 Å². The molecule has 0 aliphatic carbocycles. The highest BCUT2D eigenvalue weighted by Gasteiger charge is 2.22. The van der Waals surface area contributed by atoms with Gasteiger partial charge in [-0.2, -0.15) is 0 Å². The molecule has 5 nitrogen and oxygen atoms in total. The van der Waals surface area contributed by atoms with Gasteiger partial charge in [-0.3, -0.25) is 4.79 Å². The summed E-state index contributed by atoms with van der Waals surface area (Å²) in [7, 11) is 0. The van der Waals surface area contributed by atoms with E-state index in [4.69, 9.17) is 4.98 Å². The Hall–Kier alpha value is -4.29. The molecule has 1 aromatic heterocycles. The Bertz CT molecular complexity index is 1480. The van der Waals surface area contributed by atoms with Gasteiger partial charge in [-0.1, -0.05) is 78.9 Å². The van der Waals surface area contributed by atoms with Crippen LogP contribution in [0.5, 0.6) is 0 Å². The first-order valence-electron chi connectivity index (χ1n) is 10.7. The van der Waals surface area contributed by atoms with Crippen molar-refractivity contribution < 1.29 is 14.7 Å². The number of carbonyl (C=O) groups excluding carboxylic acids is 1. The van der Waals surface area contributed by atoms with E-state index in [0.29, 0.717) is 11.1 Å². The molecule has 34 heavy (non-hydrogen) atoms. The highest BCUT2D eigenvalue weighted by Crippen LogP contribution is 2.31. The SMILES string of the molecule is O=C(NC(C(=O)O)c1ccccc1)c1ccc2ccc(-c3nc(-c4ccccc4)cs3)cc2c1. The molecule has 2 N–H and O–H groups in total. The Balaban J connectivity index is 1.42. The fourth-order valence-electron chi connectivity index (χ4n) is 3.82. The second-order valence-electron chi connectivity index (χ2n) is 7.84. The standard InChI is InChI=1S/C28H20N2O3S/c31-26(30-25(28(32)33)20-9-5-2-6-10-20)21-13-11-18-12-14-22(16-23(18)15-21)27-29-24(17-34-27)19-7-3-1-4-8-19/h1-17,25H,(H,30,31)(H,32,33). The van der Waals surface area contributed by atoms with Crippen molar-refractivity contribution in [1.29, 1.82) is 0 Å². The van der Waals surface area contributed by atoms with Crippen LogP contribution in [0.3, 0.4) is 0 Å². The van der Waals surface area contributed by atoms with E-state index >= 15 is 0 Å². The van der Waals surface area contributed by atoms with Crippen molar-refractivity contribution in [2.45, 2.75) is 6.04 Å². The molecule has 4 aromatic carbocycles. The number of carbonyl (C=O) groups is 2. The van der Waals surface area contributed by atoms with Crippen molar-refractivity contribution in [3.8, 4) is 21.8 Å². The number of carboxylic acids is 1. The van der Waals surface area contributed by atoms with Gasteiger partial charge in [0.15, 0.2) is 6.04 Å². The van der Waals surface area contributed by atoms with E-state index in [0.717, 1.165) is 32.6 Å². The molecule has 5 aromatic rings. The van der Waals surface area contributed by atoms with E-state index < -0.39 is 17.9 Å². The van der Waals surface area contributed by atoms with Gasteiger partial charge in [0, 0.05) is 22.1 Å². The number of benzene rings is 4. The summed E-state index contributed by atoms with van der Waals surface area (Å²) >= 11 is 1.57. The summed E-state index contributed by atoms with van der Waals surface area (Å²) in [6.45, 7) is 0. The third kappa shape index (κ3) is 4.44. The zero-order chi connectivity index (χ0) is 23.5. The molecule has 1 unspecified atom stereocenters. The summed E-state index contributed by atoms with van der Waals surface area (Å²) in [5, 5.41) is 17.1. The van der Waals surface area contributed by atoms with Gasteiger partial charge in [-0.05, 0) is 34.5 Å². The largest absolute Gasteiger partial charge is 0.479 e. The van der Waals surface area contributed by atoms with Gasteiger partial charge < -0.3 is 10.4 Å². The third-order valence-corrected chi connectivity index (χ3v) is 6.47. The van der Waals surface area contributed by atoms with E-state index in [1.807, 2.05) is 60.0 Å². The molecule has 0 aliphatic heterocycles. The predicted molar refractivity (Wildman–Crippen MR) is 135 cm³/mol. The summed E-state index contributed by atoms with van der Waals surface area (Å²) in [6.07, 6.45) is 0. The van der Waals surface area contributed by atoms with Gasteiger partial charge in [0.2, 0.25) is 0 Å². The number of aromatic nitrogens is 1. The zero-order valence-corrected chi connectivity index (χ0v) is 18.8. The predicted octanol–water partition coefficient (Wildman–Crippen LogP) is 6.19. The lowest BCUT2D eigenvalue weighted by Crippen LogP contribution is -2.33. The minimum Gasteiger partial charge on any atom is -0.479 e. The van der Waals surface area contributed by atoms with Crippen LogP contribution in [0.2, 0.25) is 0 Å². The van der Waals surface area contributed by atoms with Crippen LogP contribution in [0.1, 0.15) is 22.0 Å². The van der Waals surface area contributed by atoms with Crippen LogP contribution in [-0.2, 0) is 4.79 Å². The molecule has 0 saturated heterocycles. The number of nitrogens with zero attached hydrogens (tertiary/aromatic N) is 1. The van der Waals surface area contributed by atoms with Gasteiger partial charge in [0.25, 0.3) is 5.91 Å². The molecule has 0 bridgehead atoms. The van der Waals surface area contributed by atoms with E-state index in [1.165, 1.54) is 0 Å². The Morgan fingerprint density at radius 3 is 2.24 bits per heavy atom. The molecule has 0 spiro atoms. The molecule has 5 rings (SSSR count). The summed E-state index contributed by atoms with van der Waals surface area (Å²) in [5.74, 6) is -1.55. The number of nitrogens with one attached hydrogen (secondary N) is 1. The fraction of sp³-hybridized carbons (Fsp3) is 0.0357. The maximum Gasteiger partial charge on any atom is 0.330 e. The monoisotopic (exact) mass is 464 g/mol. The van der Waals surface area contributed by atoms with E-state index in [9.17, 15) is 14.7 Å². The van der Waals surface area contributed by atoms with E-state index in [1.54, 1.807) is 53.8 Å². The number of thiazole rings is 1. The summed E-state index contributed by atoms with van der Waals surface area (Å²) < 4.78 is 0. The third-order valence-electron chi connectivity index (χ3n) is 5.58. The van der Waals surface area contributed by atoms with Crippen molar-refractivity contribution in [3.05, 3.63) is 114 Å². The van der Waals surface area contributed by atoms with E-state index in [-0.39, 0.29) is 0 Å². The quantitative estimate of drug-likeness (QED) is 0.314. The summed E-state index contributed by atoms with van der Waals surface area (Å²) in [5.41, 5.74) is 3.87. The number of fused-ring (bicyclic) bond motifs is 1. The maximum absolute atomic E-state index is 12.9. The second kappa shape index (κ2) is 9.29. The molecule has 0 fully saturated rings. The fourth-order valence-corrected chi connectivity index (χ4v) is 4.64. The average molecular weight is 465 g/mol. The highest BCUT2D eigenvalue weighted by molar-refractivity contribution is 7.13. The van der Waals surface area contributed by atoms with Gasteiger partial charge >= 0.3 is 5.97 Å². The number of carboxylic acid groups (broad SMARTS) is 1. The Labute approximate surface area is 200 Å². The molecule has 0 saturated carbocycles. The lowest BCUT2D eigenvalue weighted by atomic mass is 10.0. The molecular formula is C28H20N2O3S. The lowest BCUT2D eigenvalue weighted by Gasteiger charge is -2.15. The molecule has 1 heterocycles. The van der Waals surface area contributed by atoms with Crippen LogP contribution in [0.25, 0.3) is 32.6 Å². The first-order chi connectivity index (χ1) is 16.6. The van der Waals surface area contributed by atoms with Crippen LogP contribution in [-0.4, -0.2) is 22.0 Å². The average Bonchev–Trinajstić information content (AvgIpc) is 3.38. The first-order valence-corrected chi connectivity index (χ1v) is 11.6. The van der Waals surface area contributed by atoms with Crippen LogP contribution >= 0.6 is 11.3 Å². The van der Waals surface area contributed by atoms with Crippen LogP contribution in [0.4, 0.5) is 0 Å². The minimum atomic E-state index is -1.12. The zero-order valence-electron chi connectivity index (χ0n) is 18.0. The molecular weight excluding hydrogens is 444 g/mol. The van der Waals surface area contributed by atoms with Crippen molar-refractivity contribution in [2.24, 2.45) is 0 Å². The number of hydrogen-bond donors (Lipinski definition) is 2. The number of aliphatic carboxylic acids is 1. The Morgan fingerprint density at radius 1 is 0.794 bits per heavy atom. The van der Waals surface area contributed by atoms with Gasteiger partial charge in [-0.15, -0.1) is 11.3 Å². The molecule has 1 amide bonds. The number of rotatable bonds is 6. The van der Waals surface area contributed by atoms with Crippen molar-refractivity contribution in [1.82, 2.24) is 10.3 Å². The van der Waals surface area contributed by atoms with Gasteiger partial charge in [-0.25, -0.2) is 9.78 Å². The minimum absolute atomic E-state index is 0.399. The molecule has 1 atom stereocenters. The van der Waals surface area contributed by atoms with Crippen LogP contribution in [0.15, 0.2) is 102 Å². The Morgan fingerprint density at radius 2 is 1.50 bits per heavy atom. The highest BCUT2D eigenvalue weighted by atomic mass is 32.1.